The summed E-state index contributed by atoms with van der Waals surface area (Å²) in [5.74, 6) is 0.968. The van der Waals surface area contributed by atoms with Gasteiger partial charge in [0.25, 0.3) is 0 Å². The topological polar surface area (TPSA) is 82.9 Å². The van der Waals surface area contributed by atoms with E-state index in [0.717, 1.165) is 6.42 Å². The fourth-order valence-electron chi connectivity index (χ4n) is 2.60. The van der Waals surface area contributed by atoms with Crippen LogP contribution < -0.4 is 4.72 Å². The van der Waals surface area contributed by atoms with E-state index in [1.54, 1.807) is 0 Å². The highest BCUT2D eigenvalue weighted by atomic mass is 32.2. The van der Waals surface area contributed by atoms with Gasteiger partial charge in [-0.3, -0.25) is 0 Å². The molecule has 108 valence electrons. The first-order valence-corrected chi connectivity index (χ1v) is 8.37. The van der Waals surface area contributed by atoms with E-state index in [4.69, 9.17) is 5.26 Å². The van der Waals surface area contributed by atoms with Crippen LogP contribution in [-0.4, -0.2) is 19.9 Å². The average molecular weight is 293 g/mol. The Balaban J connectivity index is 2.01. The molecular formula is C14H19N3O2S. The van der Waals surface area contributed by atoms with Crippen molar-refractivity contribution in [3.63, 3.8) is 0 Å². The highest BCUT2D eigenvalue weighted by Gasteiger charge is 2.23. The Hall–Kier alpha value is -1.45. The maximum atomic E-state index is 12.1. The van der Waals surface area contributed by atoms with Gasteiger partial charge in [0.15, 0.2) is 0 Å². The molecule has 0 spiro atoms. The van der Waals surface area contributed by atoms with E-state index in [-0.39, 0.29) is 10.6 Å². The summed E-state index contributed by atoms with van der Waals surface area (Å²) >= 11 is 0. The van der Waals surface area contributed by atoms with Crippen LogP contribution >= 0.6 is 0 Å². The SMILES string of the molecule is CC1CCCCC1CNS(=O)(=O)c1ccc(C#N)nc1. The predicted octanol–water partition coefficient (Wildman–Crippen LogP) is 2.06. The molecule has 0 aromatic carbocycles. The van der Waals surface area contributed by atoms with Crippen LogP contribution in [-0.2, 0) is 10.0 Å². The Bertz CT molecular complexity index is 590. The molecule has 2 rings (SSSR count). The summed E-state index contributed by atoms with van der Waals surface area (Å²) in [5.41, 5.74) is 0.213. The summed E-state index contributed by atoms with van der Waals surface area (Å²) in [4.78, 5) is 3.90. The lowest BCUT2D eigenvalue weighted by atomic mass is 9.81. The standard InChI is InChI=1S/C14H19N3O2S/c1-11-4-2-3-5-12(11)9-17-20(18,19)14-7-6-13(8-15)16-10-14/h6-7,10-12,17H,2-5,9H2,1H3. The van der Waals surface area contributed by atoms with E-state index in [1.807, 2.05) is 6.07 Å². The van der Waals surface area contributed by atoms with Crippen molar-refractivity contribution >= 4 is 10.0 Å². The number of nitrogens with zero attached hydrogens (tertiary/aromatic N) is 2. The maximum absolute atomic E-state index is 12.1. The van der Waals surface area contributed by atoms with Crippen LogP contribution in [0.1, 0.15) is 38.3 Å². The summed E-state index contributed by atoms with van der Waals surface area (Å²) in [6, 6.07) is 4.70. The van der Waals surface area contributed by atoms with Crippen molar-refractivity contribution in [2.45, 2.75) is 37.5 Å². The average Bonchev–Trinajstić information content (AvgIpc) is 2.46. The highest BCUT2D eigenvalue weighted by Crippen LogP contribution is 2.29. The van der Waals surface area contributed by atoms with Crippen molar-refractivity contribution < 1.29 is 8.42 Å². The number of hydrogen-bond donors (Lipinski definition) is 1. The molecular weight excluding hydrogens is 274 g/mol. The lowest BCUT2D eigenvalue weighted by molar-refractivity contribution is 0.257. The molecule has 2 unspecified atom stereocenters. The van der Waals surface area contributed by atoms with Crippen molar-refractivity contribution in [3.05, 3.63) is 24.0 Å². The molecule has 0 radical (unpaired) electrons. The number of pyridine rings is 1. The minimum Gasteiger partial charge on any atom is -0.244 e. The molecule has 1 saturated carbocycles. The number of nitriles is 1. The van der Waals surface area contributed by atoms with Gasteiger partial charge in [0.05, 0.1) is 0 Å². The summed E-state index contributed by atoms with van der Waals surface area (Å²) in [5, 5.41) is 8.66. The second-order valence-electron chi connectivity index (χ2n) is 5.36. The molecule has 0 bridgehead atoms. The van der Waals surface area contributed by atoms with Gasteiger partial charge in [-0.2, -0.15) is 5.26 Å². The molecule has 1 aliphatic carbocycles. The van der Waals surface area contributed by atoms with Crippen LogP contribution in [0.3, 0.4) is 0 Å². The summed E-state index contributed by atoms with van der Waals surface area (Å²) < 4.78 is 27.0. The molecule has 1 fully saturated rings. The molecule has 1 aliphatic rings. The van der Waals surface area contributed by atoms with Gasteiger partial charge in [-0.1, -0.05) is 26.2 Å². The van der Waals surface area contributed by atoms with Gasteiger partial charge >= 0.3 is 0 Å². The van der Waals surface area contributed by atoms with Crippen molar-refractivity contribution in [3.8, 4) is 6.07 Å². The minimum absolute atomic E-state index is 0.111. The summed E-state index contributed by atoms with van der Waals surface area (Å²) in [7, 11) is -3.53. The third kappa shape index (κ3) is 3.56. The van der Waals surface area contributed by atoms with E-state index in [0.29, 0.717) is 18.4 Å². The fraction of sp³-hybridized carbons (Fsp3) is 0.571. The van der Waals surface area contributed by atoms with Crippen LogP contribution in [0.15, 0.2) is 23.2 Å². The van der Waals surface area contributed by atoms with Gasteiger partial charge in [-0.05, 0) is 30.4 Å². The van der Waals surface area contributed by atoms with E-state index in [2.05, 4.69) is 16.6 Å². The number of aromatic nitrogens is 1. The molecule has 0 aliphatic heterocycles. The van der Waals surface area contributed by atoms with Gasteiger partial charge in [-0.15, -0.1) is 0 Å². The first kappa shape index (κ1) is 14.9. The first-order chi connectivity index (χ1) is 9.53. The quantitative estimate of drug-likeness (QED) is 0.921. The Kier molecular flexibility index (Phi) is 4.73. The van der Waals surface area contributed by atoms with Gasteiger partial charge in [0.2, 0.25) is 10.0 Å². The first-order valence-electron chi connectivity index (χ1n) is 6.89. The van der Waals surface area contributed by atoms with Crippen LogP contribution in [0.5, 0.6) is 0 Å². The van der Waals surface area contributed by atoms with Crippen LogP contribution in [0.25, 0.3) is 0 Å². The third-order valence-corrected chi connectivity index (χ3v) is 5.39. The molecule has 1 aromatic rings. The van der Waals surface area contributed by atoms with Crippen molar-refractivity contribution in [1.82, 2.24) is 9.71 Å². The highest BCUT2D eigenvalue weighted by molar-refractivity contribution is 7.89. The van der Waals surface area contributed by atoms with Gasteiger partial charge < -0.3 is 0 Å². The van der Waals surface area contributed by atoms with Crippen LogP contribution in [0.2, 0.25) is 0 Å². The molecule has 1 N–H and O–H groups in total. The third-order valence-electron chi connectivity index (χ3n) is 3.99. The van der Waals surface area contributed by atoms with Gasteiger partial charge in [0, 0.05) is 12.7 Å². The Morgan fingerprint density at radius 2 is 2.15 bits per heavy atom. The molecule has 1 aromatic heterocycles. The number of sulfonamides is 1. The second kappa shape index (κ2) is 6.33. The van der Waals surface area contributed by atoms with E-state index >= 15 is 0 Å². The molecule has 2 atom stereocenters. The lowest BCUT2D eigenvalue weighted by Gasteiger charge is -2.28. The molecule has 0 amide bonds. The number of rotatable bonds is 4. The minimum atomic E-state index is -3.53. The summed E-state index contributed by atoms with van der Waals surface area (Å²) in [6.45, 7) is 2.66. The number of nitrogens with one attached hydrogen (secondary N) is 1. The molecule has 5 nitrogen and oxygen atoms in total. The van der Waals surface area contributed by atoms with Crippen molar-refractivity contribution in [2.24, 2.45) is 11.8 Å². The normalized spacial score (nSPS) is 23.2. The Morgan fingerprint density at radius 1 is 1.40 bits per heavy atom. The van der Waals surface area contributed by atoms with E-state index in [1.165, 1.54) is 37.6 Å². The molecule has 6 heteroatoms. The van der Waals surface area contributed by atoms with Gasteiger partial charge in [0.1, 0.15) is 16.7 Å². The molecule has 20 heavy (non-hydrogen) atoms. The Morgan fingerprint density at radius 3 is 2.75 bits per heavy atom. The summed E-state index contributed by atoms with van der Waals surface area (Å²) in [6.07, 6.45) is 5.89. The van der Waals surface area contributed by atoms with Crippen LogP contribution in [0, 0.1) is 23.2 Å². The zero-order chi connectivity index (χ0) is 14.6. The Labute approximate surface area is 120 Å². The zero-order valence-electron chi connectivity index (χ0n) is 11.5. The monoisotopic (exact) mass is 293 g/mol. The molecule has 0 saturated heterocycles. The fourth-order valence-corrected chi connectivity index (χ4v) is 3.64. The van der Waals surface area contributed by atoms with Crippen molar-refractivity contribution in [2.75, 3.05) is 6.54 Å². The second-order valence-corrected chi connectivity index (χ2v) is 7.13. The maximum Gasteiger partial charge on any atom is 0.242 e. The van der Waals surface area contributed by atoms with Gasteiger partial charge in [-0.25, -0.2) is 18.1 Å². The van der Waals surface area contributed by atoms with Crippen LogP contribution in [0.4, 0.5) is 0 Å². The van der Waals surface area contributed by atoms with E-state index < -0.39 is 10.0 Å². The van der Waals surface area contributed by atoms with E-state index in [9.17, 15) is 8.42 Å². The molecule has 1 heterocycles. The largest absolute Gasteiger partial charge is 0.244 e. The zero-order valence-corrected chi connectivity index (χ0v) is 12.4. The van der Waals surface area contributed by atoms with Crippen molar-refractivity contribution in [1.29, 1.82) is 5.26 Å². The number of hydrogen-bond acceptors (Lipinski definition) is 4. The lowest BCUT2D eigenvalue weighted by Crippen LogP contribution is -2.33. The smallest absolute Gasteiger partial charge is 0.242 e. The predicted molar refractivity (Wildman–Crippen MR) is 75.3 cm³/mol.